The van der Waals surface area contributed by atoms with Gasteiger partial charge in [-0.05, 0) is 24.0 Å². The van der Waals surface area contributed by atoms with Crippen LogP contribution in [0.5, 0.6) is 0 Å². The molecule has 12 heteroatoms. The molecule has 4 heterocycles. The van der Waals surface area contributed by atoms with Crippen molar-refractivity contribution in [2.24, 2.45) is 0 Å². The van der Waals surface area contributed by atoms with Crippen LogP contribution in [0.15, 0.2) is 60.7 Å². The summed E-state index contributed by atoms with van der Waals surface area (Å²) in [5.74, 6) is 0. The van der Waals surface area contributed by atoms with E-state index in [2.05, 4.69) is 12.1 Å². The Morgan fingerprint density at radius 3 is 1.26 bits per heavy atom. The second kappa shape index (κ2) is 9.82. The maximum atomic E-state index is 9.47. The van der Waals surface area contributed by atoms with E-state index in [0.29, 0.717) is 26.3 Å². The van der Waals surface area contributed by atoms with Crippen LogP contribution in [0.3, 0.4) is 0 Å². The number of hydrogen-bond acceptors (Lipinski definition) is 6. The van der Waals surface area contributed by atoms with Gasteiger partial charge in [-0.25, -0.2) is 9.80 Å². The number of fused-ring (bicyclic) bond motifs is 2. The highest BCUT2D eigenvalue weighted by Gasteiger charge is 2.73. The lowest BCUT2D eigenvalue weighted by Crippen LogP contribution is -2.55. The van der Waals surface area contributed by atoms with E-state index in [1.54, 1.807) is 0 Å². The molecule has 0 N–H and O–H groups in total. The van der Waals surface area contributed by atoms with Crippen LogP contribution in [0, 0.1) is 22.7 Å². The first kappa shape index (κ1) is 28.5. The summed E-state index contributed by atoms with van der Waals surface area (Å²) in [6, 6.07) is 24.0. The van der Waals surface area contributed by atoms with Gasteiger partial charge in [-0.3, -0.25) is 0 Å². The highest BCUT2D eigenvalue weighted by atomic mass is 35.6. The van der Waals surface area contributed by atoms with Gasteiger partial charge in [-0.1, -0.05) is 130 Å². The van der Waals surface area contributed by atoms with E-state index >= 15 is 0 Å². The smallest absolute Gasteiger partial charge is 0.259 e. The van der Waals surface area contributed by atoms with Crippen molar-refractivity contribution in [3.05, 3.63) is 71.8 Å². The molecule has 4 fully saturated rings. The number of nitriles is 2. The molecule has 38 heavy (non-hydrogen) atoms. The average Bonchev–Trinajstić information content (AvgIpc) is 3.82. The van der Waals surface area contributed by atoms with E-state index in [1.165, 1.54) is 0 Å². The van der Waals surface area contributed by atoms with Crippen molar-refractivity contribution in [3.63, 3.8) is 0 Å². The van der Waals surface area contributed by atoms with Gasteiger partial charge in [-0.2, -0.15) is 10.5 Å². The summed E-state index contributed by atoms with van der Waals surface area (Å²) in [6.07, 6.45) is 1.59. The summed E-state index contributed by atoms with van der Waals surface area (Å²) in [5.41, 5.74) is -1.23. The van der Waals surface area contributed by atoms with Crippen LogP contribution in [-0.2, 0) is 20.6 Å². The van der Waals surface area contributed by atoms with Crippen LogP contribution in [0.4, 0.5) is 0 Å². The Labute approximate surface area is 251 Å². The van der Waals surface area contributed by atoms with Crippen molar-refractivity contribution >= 4 is 69.6 Å². The van der Waals surface area contributed by atoms with Gasteiger partial charge in [0.2, 0.25) is 7.59 Å². The molecule has 6 rings (SSSR count). The van der Waals surface area contributed by atoms with Gasteiger partial charge >= 0.3 is 0 Å². The lowest BCUT2D eigenvalue weighted by atomic mass is 9.94. The lowest BCUT2D eigenvalue weighted by molar-refractivity contribution is -0.113. The zero-order valence-electron chi connectivity index (χ0n) is 19.9. The Balaban J connectivity index is 0.000000155. The topological polar surface area (TPSA) is 72.1 Å². The Bertz CT molecular complexity index is 1180. The molecule has 0 aliphatic carbocycles. The highest BCUT2D eigenvalue weighted by Crippen LogP contribution is 2.60. The predicted octanol–water partition coefficient (Wildman–Crippen LogP) is 6.42. The second-order valence-electron chi connectivity index (χ2n) is 9.67. The van der Waals surface area contributed by atoms with Gasteiger partial charge < -0.3 is 9.47 Å². The summed E-state index contributed by atoms with van der Waals surface area (Å²) in [6.45, 7) is 2.12. The van der Waals surface area contributed by atoms with Crippen molar-refractivity contribution in [3.8, 4) is 12.1 Å². The number of benzene rings is 2. The van der Waals surface area contributed by atoms with E-state index in [9.17, 15) is 10.5 Å². The van der Waals surface area contributed by atoms with Gasteiger partial charge in [0, 0.05) is 13.1 Å². The van der Waals surface area contributed by atoms with Crippen molar-refractivity contribution in [1.82, 2.24) is 9.80 Å². The van der Waals surface area contributed by atoms with Crippen molar-refractivity contribution in [2.75, 3.05) is 26.3 Å². The fourth-order valence-electron chi connectivity index (χ4n) is 5.66. The summed E-state index contributed by atoms with van der Waals surface area (Å²) in [7, 11) is 0. The summed E-state index contributed by atoms with van der Waals surface area (Å²) in [4.78, 5) is 3.68. The summed E-state index contributed by atoms with van der Waals surface area (Å²) < 4.78 is 7.48. The number of nitrogens with zero attached hydrogens (tertiary/aromatic N) is 4. The first-order valence-corrected chi connectivity index (χ1v) is 14.1. The molecule has 4 aliphatic rings. The zero-order chi connectivity index (χ0) is 27.5. The van der Waals surface area contributed by atoms with Gasteiger partial charge in [0.25, 0.3) is 11.4 Å². The van der Waals surface area contributed by atoms with Crippen LogP contribution >= 0.6 is 69.6 Å². The average molecular weight is 635 g/mol. The summed E-state index contributed by atoms with van der Waals surface area (Å²) >= 11 is 35.9. The van der Waals surface area contributed by atoms with E-state index in [-0.39, 0.29) is 11.1 Å². The molecule has 6 atom stereocenters. The third-order valence-electron chi connectivity index (χ3n) is 7.77. The minimum absolute atomic E-state index is 0.237. The van der Waals surface area contributed by atoms with Crippen molar-refractivity contribution in [1.29, 1.82) is 10.5 Å². The predicted molar refractivity (Wildman–Crippen MR) is 148 cm³/mol. The fraction of sp³-hybridized carbons (Fsp3) is 0.462. The Hall–Kier alpha value is -1.00. The number of rotatable bonds is 2. The molecule has 2 aromatic carbocycles. The maximum absolute atomic E-state index is 9.47. The standard InChI is InChI=1S/2C13H11Cl3N2O/c2*14-13(15,16)12(8-17)18-9-11(18,6-7-19-12)10-4-2-1-3-5-10/h2*1-5H,6-7,9H2/t2*11-,12-,18?/m11/s1. The van der Waals surface area contributed by atoms with Gasteiger partial charge in [0.15, 0.2) is 0 Å². The van der Waals surface area contributed by atoms with E-state index in [4.69, 9.17) is 79.1 Å². The molecule has 0 aromatic heterocycles. The molecule has 2 aromatic rings. The van der Waals surface area contributed by atoms with E-state index < -0.39 is 19.0 Å². The largest absolute Gasteiger partial charge is 0.344 e. The number of hydrogen-bond donors (Lipinski definition) is 0. The van der Waals surface area contributed by atoms with Crippen LogP contribution in [0.25, 0.3) is 0 Å². The summed E-state index contributed by atoms with van der Waals surface area (Å²) in [5, 5.41) is 18.9. The highest BCUT2D eigenvalue weighted by molar-refractivity contribution is 6.69. The van der Waals surface area contributed by atoms with Gasteiger partial charge in [0.1, 0.15) is 12.1 Å². The third kappa shape index (κ3) is 4.30. The molecule has 4 aliphatic heterocycles. The van der Waals surface area contributed by atoms with Crippen LogP contribution in [0.1, 0.15) is 24.0 Å². The van der Waals surface area contributed by atoms with E-state index in [1.807, 2.05) is 70.5 Å². The molecule has 4 saturated heterocycles. The quantitative estimate of drug-likeness (QED) is 0.281. The Morgan fingerprint density at radius 2 is 0.974 bits per heavy atom. The molecular formula is C26H22Cl6N4O2. The number of halogens is 6. The third-order valence-corrected chi connectivity index (χ3v) is 9.31. The fourth-order valence-corrected chi connectivity index (χ4v) is 6.85. The SMILES string of the molecule is N#C[C@]1(C(Cl)(Cl)Cl)OCC[C@]2(c3ccccc3)CN21.N#C[C@]1(C(Cl)(Cl)Cl)OCC[C@]2(c3ccccc3)CN21. The van der Waals surface area contributed by atoms with E-state index in [0.717, 1.165) is 24.0 Å². The van der Waals surface area contributed by atoms with Crippen LogP contribution in [-0.4, -0.2) is 55.1 Å². The van der Waals surface area contributed by atoms with Gasteiger partial charge in [-0.15, -0.1) is 0 Å². The molecule has 6 nitrogen and oxygen atoms in total. The monoisotopic (exact) mass is 632 g/mol. The van der Waals surface area contributed by atoms with Crippen LogP contribution < -0.4 is 0 Å². The minimum Gasteiger partial charge on any atom is -0.344 e. The number of alkyl halides is 6. The Morgan fingerprint density at radius 1 is 0.632 bits per heavy atom. The second-order valence-corrected chi connectivity index (χ2v) is 14.2. The molecule has 0 bridgehead atoms. The minimum atomic E-state index is -1.81. The normalized spacial score (nSPS) is 37.3. The molecular weight excluding hydrogens is 613 g/mol. The van der Waals surface area contributed by atoms with Crippen molar-refractivity contribution < 1.29 is 9.47 Å². The Kier molecular flexibility index (Phi) is 7.37. The molecule has 0 amide bonds. The molecule has 2 unspecified atom stereocenters. The van der Waals surface area contributed by atoms with Crippen molar-refractivity contribution in [2.45, 2.75) is 43.0 Å². The molecule has 200 valence electrons. The molecule has 0 spiro atoms. The first-order valence-electron chi connectivity index (χ1n) is 11.8. The number of ether oxygens (including phenoxy) is 2. The zero-order valence-corrected chi connectivity index (χ0v) is 24.4. The lowest BCUT2D eigenvalue weighted by Gasteiger charge is -2.40. The molecule has 0 radical (unpaired) electrons. The molecule has 0 saturated carbocycles. The van der Waals surface area contributed by atoms with Gasteiger partial charge in [0.05, 0.1) is 24.3 Å². The van der Waals surface area contributed by atoms with Crippen LogP contribution in [0.2, 0.25) is 0 Å². The first-order chi connectivity index (χ1) is 17.9. The maximum Gasteiger partial charge on any atom is 0.259 e.